The molecule has 1 aliphatic rings. The number of carbonyl (C=O) groups is 1. The molecule has 0 radical (unpaired) electrons. The lowest BCUT2D eigenvalue weighted by Gasteiger charge is -2.07. The van der Waals surface area contributed by atoms with Crippen LogP contribution in [0.3, 0.4) is 0 Å². The van der Waals surface area contributed by atoms with E-state index in [9.17, 15) is 4.79 Å². The highest BCUT2D eigenvalue weighted by Gasteiger charge is 2.23. The SMILES string of the molecule is O=C(NCCO)c1cncc(-c2ccc(OC3CC3)cc2)c1. The molecule has 2 N–H and O–H groups in total. The number of amides is 1. The van der Waals surface area contributed by atoms with Crippen molar-refractivity contribution in [1.29, 1.82) is 0 Å². The number of aromatic nitrogens is 1. The minimum absolute atomic E-state index is 0.0820. The van der Waals surface area contributed by atoms with Gasteiger partial charge in [0, 0.05) is 24.5 Å². The van der Waals surface area contributed by atoms with Crippen molar-refractivity contribution in [2.24, 2.45) is 0 Å². The van der Waals surface area contributed by atoms with Gasteiger partial charge in [0.2, 0.25) is 0 Å². The highest BCUT2D eigenvalue weighted by Crippen LogP contribution is 2.28. The molecular weight excluding hydrogens is 280 g/mol. The summed E-state index contributed by atoms with van der Waals surface area (Å²) in [6, 6.07) is 9.59. The highest BCUT2D eigenvalue weighted by molar-refractivity contribution is 5.95. The normalized spacial score (nSPS) is 13.7. The number of rotatable bonds is 6. The summed E-state index contributed by atoms with van der Waals surface area (Å²) < 4.78 is 5.72. The molecule has 1 heterocycles. The zero-order valence-electron chi connectivity index (χ0n) is 12.2. The molecule has 0 aliphatic heterocycles. The van der Waals surface area contributed by atoms with E-state index in [4.69, 9.17) is 9.84 Å². The van der Waals surface area contributed by atoms with Crippen LogP contribution in [-0.2, 0) is 0 Å². The molecule has 1 fully saturated rings. The Labute approximate surface area is 129 Å². The summed E-state index contributed by atoms with van der Waals surface area (Å²) in [6.45, 7) is 0.150. The lowest BCUT2D eigenvalue weighted by molar-refractivity contribution is 0.0944. The third-order valence-electron chi connectivity index (χ3n) is 3.41. The lowest BCUT2D eigenvalue weighted by atomic mass is 10.1. The average Bonchev–Trinajstić information content (AvgIpc) is 3.37. The van der Waals surface area contributed by atoms with Gasteiger partial charge in [0.1, 0.15) is 5.75 Å². The molecule has 0 unspecified atom stereocenters. The number of carbonyl (C=O) groups excluding carboxylic acids is 1. The molecule has 0 saturated heterocycles. The van der Waals surface area contributed by atoms with E-state index in [-0.39, 0.29) is 19.1 Å². The van der Waals surface area contributed by atoms with E-state index >= 15 is 0 Å². The number of benzene rings is 1. The van der Waals surface area contributed by atoms with Crippen LogP contribution in [-0.4, -0.2) is 35.3 Å². The van der Waals surface area contributed by atoms with Crippen LogP contribution >= 0.6 is 0 Å². The summed E-state index contributed by atoms with van der Waals surface area (Å²) in [6.07, 6.45) is 5.89. The van der Waals surface area contributed by atoms with Crippen molar-refractivity contribution in [3.8, 4) is 16.9 Å². The smallest absolute Gasteiger partial charge is 0.252 e. The molecule has 1 aromatic heterocycles. The van der Waals surface area contributed by atoms with Crippen LogP contribution in [0.4, 0.5) is 0 Å². The van der Waals surface area contributed by atoms with Gasteiger partial charge < -0.3 is 15.2 Å². The largest absolute Gasteiger partial charge is 0.490 e. The first-order chi connectivity index (χ1) is 10.8. The van der Waals surface area contributed by atoms with Gasteiger partial charge in [-0.15, -0.1) is 0 Å². The monoisotopic (exact) mass is 298 g/mol. The minimum Gasteiger partial charge on any atom is -0.490 e. The van der Waals surface area contributed by atoms with E-state index in [0.717, 1.165) is 29.7 Å². The number of pyridine rings is 1. The second-order valence-corrected chi connectivity index (χ2v) is 5.28. The van der Waals surface area contributed by atoms with Crippen molar-refractivity contribution in [3.63, 3.8) is 0 Å². The first-order valence-corrected chi connectivity index (χ1v) is 7.37. The third-order valence-corrected chi connectivity index (χ3v) is 3.41. The molecule has 0 bridgehead atoms. The van der Waals surface area contributed by atoms with E-state index < -0.39 is 0 Å². The van der Waals surface area contributed by atoms with Crippen LogP contribution in [0.1, 0.15) is 23.2 Å². The lowest BCUT2D eigenvalue weighted by Crippen LogP contribution is -2.26. The second kappa shape index (κ2) is 6.58. The van der Waals surface area contributed by atoms with Gasteiger partial charge in [0.05, 0.1) is 18.3 Å². The van der Waals surface area contributed by atoms with Crippen LogP contribution in [0.25, 0.3) is 11.1 Å². The van der Waals surface area contributed by atoms with Gasteiger partial charge in [-0.05, 0) is 36.6 Å². The molecule has 3 rings (SSSR count). The minimum atomic E-state index is -0.239. The maximum atomic E-state index is 11.9. The zero-order valence-corrected chi connectivity index (χ0v) is 12.2. The van der Waals surface area contributed by atoms with Crippen molar-refractivity contribution in [1.82, 2.24) is 10.3 Å². The van der Waals surface area contributed by atoms with Gasteiger partial charge in [0.15, 0.2) is 0 Å². The Balaban J connectivity index is 1.74. The molecule has 0 spiro atoms. The Kier molecular flexibility index (Phi) is 4.34. The summed E-state index contributed by atoms with van der Waals surface area (Å²) in [5, 5.41) is 11.4. The van der Waals surface area contributed by atoms with E-state index in [1.54, 1.807) is 12.3 Å². The fourth-order valence-corrected chi connectivity index (χ4v) is 2.10. The molecular formula is C17H18N2O3. The molecule has 1 amide bonds. The van der Waals surface area contributed by atoms with Gasteiger partial charge in [-0.2, -0.15) is 0 Å². The van der Waals surface area contributed by atoms with Crippen LogP contribution in [0, 0.1) is 0 Å². The van der Waals surface area contributed by atoms with Crippen molar-refractivity contribution < 1.29 is 14.6 Å². The predicted octanol–water partition coefficient (Wildman–Crippen LogP) is 2.01. The summed E-state index contributed by atoms with van der Waals surface area (Å²) in [4.78, 5) is 16.0. The van der Waals surface area contributed by atoms with Crippen molar-refractivity contribution >= 4 is 5.91 Å². The summed E-state index contributed by atoms with van der Waals surface area (Å²) in [7, 11) is 0. The van der Waals surface area contributed by atoms with E-state index in [1.807, 2.05) is 24.3 Å². The van der Waals surface area contributed by atoms with Gasteiger partial charge in [0.25, 0.3) is 5.91 Å². The Hall–Kier alpha value is -2.40. The molecule has 1 aromatic carbocycles. The molecule has 114 valence electrons. The number of nitrogens with one attached hydrogen (secondary N) is 1. The number of nitrogens with zero attached hydrogens (tertiary/aromatic N) is 1. The number of ether oxygens (including phenoxy) is 1. The maximum Gasteiger partial charge on any atom is 0.252 e. The maximum absolute atomic E-state index is 11.9. The molecule has 5 heteroatoms. The van der Waals surface area contributed by atoms with Gasteiger partial charge in [-0.1, -0.05) is 12.1 Å². The Morgan fingerprint density at radius 3 is 2.68 bits per heavy atom. The first-order valence-electron chi connectivity index (χ1n) is 7.37. The van der Waals surface area contributed by atoms with E-state index in [0.29, 0.717) is 11.7 Å². The first kappa shape index (κ1) is 14.5. The molecule has 5 nitrogen and oxygen atoms in total. The molecule has 1 saturated carbocycles. The van der Waals surface area contributed by atoms with Crippen LogP contribution in [0.5, 0.6) is 5.75 Å². The van der Waals surface area contributed by atoms with Crippen molar-refractivity contribution in [2.45, 2.75) is 18.9 Å². The van der Waals surface area contributed by atoms with E-state index in [1.165, 1.54) is 6.20 Å². The predicted molar refractivity (Wildman–Crippen MR) is 82.7 cm³/mol. The quantitative estimate of drug-likeness (QED) is 0.856. The van der Waals surface area contributed by atoms with Crippen LogP contribution < -0.4 is 10.1 Å². The summed E-state index contributed by atoms with van der Waals surface area (Å²) >= 11 is 0. The number of aliphatic hydroxyl groups is 1. The topological polar surface area (TPSA) is 71.5 Å². The standard InChI is InChI=1S/C17H18N2O3/c20-8-7-19-17(21)14-9-13(10-18-11-14)12-1-3-15(4-2-12)22-16-5-6-16/h1-4,9-11,16,20H,5-8H2,(H,19,21). The number of aliphatic hydroxyl groups excluding tert-OH is 1. The van der Waals surface area contributed by atoms with Gasteiger partial charge in [-0.3, -0.25) is 9.78 Å². The fourth-order valence-electron chi connectivity index (χ4n) is 2.10. The third kappa shape index (κ3) is 3.62. The summed E-state index contributed by atoms with van der Waals surface area (Å²) in [5.41, 5.74) is 2.33. The van der Waals surface area contributed by atoms with Crippen molar-refractivity contribution in [2.75, 3.05) is 13.2 Å². The molecule has 22 heavy (non-hydrogen) atoms. The zero-order chi connectivity index (χ0) is 15.4. The highest BCUT2D eigenvalue weighted by atomic mass is 16.5. The second-order valence-electron chi connectivity index (χ2n) is 5.28. The number of hydrogen-bond donors (Lipinski definition) is 2. The van der Waals surface area contributed by atoms with Crippen LogP contribution in [0.15, 0.2) is 42.7 Å². The van der Waals surface area contributed by atoms with Gasteiger partial charge >= 0.3 is 0 Å². The molecule has 0 atom stereocenters. The summed E-state index contributed by atoms with van der Waals surface area (Å²) in [5.74, 6) is 0.633. The van der Waals surface area contributed by atoms with Gasteiger partial charge in [-0.25, -0.2) is 0 Å². The Bertz CT molecular complexity index is 651. The number of hydrogen-bond acceptors (Lipinski definition) is 4. The van der Waals surface area contributed by atoms with Crippen LogP contribution in [0.2, 0.25) is 0 Å². The Morgan fingerprint density at radius 1 is 1.23 bits per heavy atom. The van der Waals surface area contributed by atoms with E-state index in [2.05, 4.69) is 10.3 Å². The van der Waals surface area contributed by atoms with Crippen molar-refractivity contribution in [3.05, 3.63) is 48.3 Å². The molecule has 2 aromatic rings. The molecule has 1 aliphatic carbocycles. The Morgan fingerprint density at radius 2 is 2.00 bits per heavy atom. The fraction of sp³-hybridized carbons (Fsp3) is 0.294. The average molecular weight is 298 g/mol.